The molecule has 1 aliphatic rings. The van der Waals surface area contributed by atoms with Crippen molar-refractivity contribution in [3.63, 3.8) is 0 Å². The van der Waals surface area contributed by atoms with Crippen molar-refractivity contribution in [1.29, 1.82) is 0 Å². The first-order chi connectivity index (χ1) is 17.3. The van der Waals surface area contributed by atoms with Crippen LogP contribution in [0.15, 0.2) is 40.6 Å². The number of rotatable bonds is 7. The van der Waals surface area contributed by atoms with E-state index in [0.29, 0.717) is 32.1 Å². The van der Waals surface area contributed by atoms with E-state index in [1.54, 1.807) is 18.2 Å². The Labute approximate surface area is 223 Å². The van der Waals surface area contributed by atoms with Gasteiger partial charge in [-0.2, -0.15) is 0 Å². The molecule has 1 aromatic heterocycles. The molecule has 1 saturated carbocycles. The summed E-state index contributed by atoms with van der Waals surface area (Å²) >= 11 is 13.5. The van der Waals surface area contributed by atoms with Crippen molar-refractivity contribution < 1.29 is 14.3 Å². The lowest BCUT2D eigenvalue weighted by molar-refractivity contribution is -0.142. The van der Waals surface area contributed by atoms with Crippen molar-refractivity contribution in [2.75, 3.05) is 17.3 Å². The van der Waals surface area contributed by atoms with Gasteiger partial charge in [-0.3, -0.25) is 4.79 Å². The van der Waals surface area contributed by atoms with Crippen molar-refractivity contribution in [2.45, 2.75) is 58.0 Å². The number of aromatic nitrogens is 1. The summed E-state index contributed by atoms with van der Waals surface area (Å²) in [6.45, 7) is 3.28. The average Bonchev–Trinajstić information content (AvgIpc) is 3.25. The number of thiazole rings is 1. The number of anilines is 2. The van der Waals surface area contributed by atoms with E-state index in [4.69, 9.17) is 27.9 Å². The van der Waals surface area contributed by atoms with Crippen molar-refractivity contribution in [1.82, 2.24) is 4.98 Å². The fourth-order valence-electron chi connectivity index (χ4n) is 4.51. The molecule has 3 aromatic rings. The summed E-state index contributed by atoms with van der Waals surface area (Å²) in [6, 6.07) is 8.67. The third-order valence-electron chi connectivity index (χ3n) is 6.18. The maximum Gasteiger partial charge on any atom is 0.328 e. The molecule has 1 N–H and O–H groups in total. The molecule has 0 spiro atoms. The predicted molar refractivity (Wildman–Crippen MR) is 145 cm³/mol. The van der Waals surface area contributed by atoms with Gasteiger partial charge < -0.3 is 15.0 Å². The van der Waals surface area contributed by atoms with Crippen LogP contribution in [-0.2, 0) is 14.3 Å². The summed E-state index contributed by atoms with van der Waals surface area (Å²) in [5, 5.41) is 12.8. The molecule has 0 bridgehead atoms. The summed E-state index contributed by atoms with van der Waals surface area (Å²) in [5.41, 5.74) is 2.46. The molecule has 1 fully saturated rings. The van der Waals surface area contributed by atoms with Gasteiger partial charge in [-0.05, 0) is 50.1 Å². The number of benzene rings is 2. The van der Waals surface area contributed by atoms with Crippen molar-refractivity contribution in [2.24, 2.45) is 10.2 Å². The highest BCUT2D eigenvalue weighted by atomic mass is 35.5. The number of methoxy groups -OCH3 is 1. The lowest BCUT2D eigenvalue weighted by Crippen LogP contribution is -2.47. The summed E-state index contributed by atoms with van der Waals surface area (Å²) in [7, 11) is 1.40. The second-order valence-electron chi connectivity index (χ2n) is 8.71. The lowest BCUT2D eigenvalue weighted by atomic mass is 9.92. The molecule has 1 unspecified atom stereocenters. The van der Waals surface area contributed by atoms with Gasteiger partial charge in [0, 0.05) is 18.7 Å². The normalized spacial score (nSPS) is 15.2. The second-order valence-corrected chi connectivity index (χ2v) is 10.5. The molecular weight excluding hydrogens is 521 g/mol. The number of fused-ring (bicyclic) bond motifs is 1. The molecule has 2 aromatic carbocycles. The highest BCUT2D eigenvalue weighted by Crippen LogP contribution is 2.38. The van der Waals surface area contributed by atoms with Gasteiger partial charge in [0.1, 0.15) is 11.7 Å². The van der Waals surface area contributed by atoms with Crippen LogP contribution in [0.1, 0.15) is 46.0 Å². The van der Waals surface area contributed by atoms with Crippen molar-refractivity contribution >= 4 is 78.8 Å². The van der Waals surface area contributed by atoms with Gasteiger partial charge in [0.25, 0.3) is 0 Å². The zero-order chi connectivity index (χ0) is 25.8. The molecule has 1 amide bonds. The van der Waals surface area contributed by atoms with E-state index in [9.17, 15) is 9.59 Å². The largest absolute Gasteiger partial charge is 0.467 e. The Morgan fingerprint density at radius 1 is 1.14 bits per heavy atom. The minimum Gasteiger partial charge on any atom is -0.467 e. The first-order valence-electron chi connectivity index (χ1n) is 11.7. The molecule has 1 heterocycles. The number of azo groups is 1. The highest BCUT2D eigenvalue weighted by Gasteiger charge is 2.30. The second kappa shape index (κ2) is 11.5. The highest BCUT2D eigenvalue weighted by molar-refractivity contribution is 7.22. The Balaban J connectivity index is 1.69. The monoisotopic (exact) mass is 547 g/mol. The third kappa shape index (κ3) is 5.96. The molecule has 0 aliphatic heterocycles. The van der Waals surface area contributed by atoms with E-state index in [2.05, 4.69) is 25.4 Å². The molecule has 8 nitrogen and oxygen atoms in total. The standard InChI is InChI=1S/C25H27Cl2N5O3S/c1-14(24(34)35-3)32(16-7-5-4-6-8-16)17-9-10-20(21(11-17)28-15(2)33)30-31-25-29-22-12-18(26)19(27)13-23(22)36-25/h9-14,16H,4-8H2,1-3H3,(H,28,33). The zero-order valence-electron chi connectivity index (χ0n) is 20.3. The van der Waals surface area contributed by atoms with E-state index in [1.807, 2.05) is 19.1 Å². The Bertz CT molecular complexity index is 1270. The van der Waals surface area contributed by atoms with Crippen LogP contribution < -0.4 is 10.2 Å². The topological polar surface area (TPSA) is 96.2 Å². The van der Waals surface area contributed by atoms with E-state index in [-0.39, 0.29) is 17.9 Å². The Hall–Kier alpha value is -2.75. The zero-order valence-corrected chi connectivity index (χ0v) is 22.6. The van der Waals surface area contributed by atoms with Gasteiger partial charge in [-0.1, -0.05) is 53.8 Å². The Kier molecular flexibility index (Phi) is 8.43. The summed E-state index contributed by atoms with van der Waals surface area (Å²) < 4.78 is 5.89. The summed E-state index contributed by atoms with van der Waals surface area (Å²) in [6.07, 6.45) is 5.39. The van der Waals surface area contributed by atoms with Gasteiger partial charge >= 0.3 is 5.97 Å². The molecule has 11 heteroatoms. The Morgan fingerprint density at radius 3 is 2.56 bits per heavy atom. The molecule has 1 aliphatic carbocycles. The number of hydrogen-bond acceptors (Lipinski definition) is 8. The van der Waals surface area contributed by atoms with Gasteiger partial charge in [-0.25, -0.2) is 9.78 Å². The van der Waals surface area contributed by atoms with E-state index < -0.39 is 6.04 Å². The van der Waals surface area contributed by atoms with Crippen LogP contribution >= 0.6 is 34.5 Å². The number of hydrogen-bond donors (Lipinski definition) is 1. The quantitative estimate of drug-likeness (QED) is 0.241. The molecular formula is C25H27Cl2N5O3S. The van der Waals surface area contributed by atoms with Crippen molar-refractivity contribution in [3.05, 3.63) is 40.4 Å². The fraction of sp³-hybridized carbons (Fsp3) is 0.400. The van der Waals surface area contributed by atoms with Crippen LogP contribution in [0.4, 0.5) is 22.2 Å². The number of esters is 1. The molecule has 1 atom stereocenters. The number of nitrogens with zero attached hydrogens (tertiary/aromatic N) is 4. The molecule has 0 radical (unpaired) electrons. The number of carbonyl (C=O) groups is 2. The van der Waals surface area contributed by atoms with Gasteiger partial charge in [0.15, 0.2) is 0 Å². The van der Waals surface area contributed by atoms with Gasteiger partial charge in [0.05, 0.1) is 33.1 Å². The number of nitrogens with one attached hydrogen (secondary N) is 1. The maximum absolute atomic E-state index is 12.5. The number of amides is 1. The lowest BCUT2D eigenvalue weighted by Gasteiger charge is -2.39. The number of ether oxygens (including phenoxy) is 1. The molecule has 0 saturated heterocycles. The Morgan fingerprint density at radius 2 is 1.86 bits per heavy atom. The first-order valence-corrected chi connectivity index (χ1v) is 13.3. The van der Waals surface area contributed by atoms with Crippen LogP contribution in [0.2, 0.25) is 10.0 Å². The third-order valence-corrected chi connectivity index (χ3v) is 7.80. The maximum atomic E-state index is 12.5. The summed E-state index contributed by atoms with van der Waals surface area (Å²) in [4.78, 5) is 31.0. The SMILES string of the molecule is COC(=O)C(C)N(c1ccc(N=Nc2nc3cc(Cl)c(Cl)cc3s2)c(NC(C)=O)c1)C1CCCCC1. The predicted octanol–water partition coefficient (Wildman–Crippen LogP) is 7.68. The minimum absolute atomic E-state index is 0.201. The van der Waals surface area contributed by atoms with Crippen LogP contribution in [-0.4, -0.2) is 36.1 Å². The van der Waals surface area contributed by atoms with Crippen LogP contribution in [0.25, 0.3) is 10.2 Å². The van der Waals surface area contributed by atoms with Crippen LogP contribution in [0.3, 0.4) is 0 Å². The van der Waals surface area contributed by atoms with Crippen LogP contribution in [0.5, 0.6) is 0 Å². The minimum atomic E-state index is -0.475. The average molecular weight is 548 g/mol. The summed E-state index contributed by atoms with van der Waals surface area (Å²) in [5.74, 6) is -0.542. The molecule has 190 valence electrons. The number of halogens is 2. The van der Waals surface area contributed by atoms with Gasteiger partial charge in [-0.15, -0.1) is 10.2 Å². The fourth-order valence-corrected chi connectivity index (χ4v) is 5.70. The van der Waals surface area contributed by atoms with E-state index in [1.165, 1.54) is 31.8 Å². The molecule has 36 heavy (non-hydrogen) atoms. The first kappa shape index (κ1) is 26.3. The van der Waals surface area contributed by atoms with E-state index >= 15 is 0 Å². The van der Waals surface area contributed by atoms with Crippen molar-refractivity contribution in [3.8, 4) is 0 Å². The van der Waals surface area contributed by atoms with E-state index in [0.717, 1.165) is 36.1 Å². The number of carbonyl (C=O) groups excluding carboxylic acids is 2. The van der Waals surface area contributed by atoms with Crippen LogP contribution in [0, 0.1) is 0 Å². The smallest absolute Gasteiger partial charge is 0.328 e. The molecule has 4 rings (SSSR count). The van der Waals surface area contributed by atoms with Gasteiger partial charge in [0.2, 0.25) is 11.0 Å².